The number of carbonyl (C=O) groups excluding carboxylic acids is 2. The molecule has 5 nitrogen and oxygen atoms in total. The van der Waals surface area contributed by atoms with Crippen LogP contribution in [0.4, 0.5) is 0 Å². The van der Waals surface area contributed by atoms with Crippen molar-refractivity contribution < 1.29 is 38.5 Å². The molecule has 0 heterocycles. The number of unbranched alkanes of at least 4 members (excludes halogenated alkanes) is 22. The second kappa shape index (κ2) is 31.8. The molecule has 1 N–H and O–H groups in total. The van der Waals surface area contributed by atoms with Gasteiger partial charge in [-0.1, -0.05) is 124 Å². The molecule has 0 aliphatic heterocycles. The van der Waals surface area contributed by atoms with Gasteiger partial charge in [-0.25, -0.2) is 0 Å². The summed E-state index contributed by atoms with van der Waals surface area (Å²) in [5.41, 5.74) is 2.42. The van der Waals surface area contributed by atoms with Crippen LogP contribution >= 0.6 is 0 Å². The summed E-state index contributed by atoms with van der Waals surface area (Å²) >= 11 is -4.08. The van der Waals surface area contributed by atoms with Crippen LogP contribution in [0.5, 0.6) is 5.75 Å². The van der Waals surface area contributed by atoms with E-state index in [4.69, 9.17) is 3.32 Å². The number of Topliss-reactive ketones (excluding diaryl/α,β-unsaturated/α-hetero) is 2. The van der Waals surface area contributed by atoms with E-state index >= 15 is 0 Å². The van der Waals surface area contributed by atoms with E-state index in [-0.39, 0.29) is 23.2 Å². The zero-order valence-corrected chi connectivity index (χ0v) is 41.6. The minimum Gasteiger partial charge on any atom is -0.0628 e. The van der Waals surface area contributed by atoms with Crippen molar-refractivity contribution in [3.63, 3.8) is 0 Å². The van der Waals surface area contributed by atoms with Crippen LogP contribution in [0, 0.1) is 11.8 Å². The number of rotatable bonds is 37. The molecule has 2 rings (SSSR count). The number of benzene rings is 2. The molecule has 0 atom stereocenters. The molecular weight excluding hydrogens is 776 g/mol. The number of ketones is 2. The average Bonchev–Trinajstić information content (AvgIpc) is 3.20. The quantitative estimate of drug-likeness (QED) is 0.0416. The minimum absolute atomic E-state index is 0.00466. The normalized spacial score (nSPS) is 11.9. The second-order valence-corrected chi connectivity index (χ2v) is 20.9. The van der Waals surface area contributed by atoms with Crippen molar-refractivity contribution in [1.82, 2.24) is 0 Å². The van der Waals surface area contributed by atoms with Crippen molar-refractivity contribution in [2.45, 2.75) is 247 Å². The van der Waals surface area contributed by atoms with Crippen molar-refractivity contribution in [2.24, 2.45) is 11.8 Å². The van der Waals surface area contributed by atoms with Gasteiger partial charge < -0.3 is 0 Å². The summed E-state index contributed by atoms with van der Waals surface area (Å²) in [5, 5.41) is 0. The first-order valence-electron chi connectivity index (χ1n) is 25.0. The van der Waals surface area contributed by atoms with Gasteiger partial charge in [-0.05, 0) is 11.8 Å². The standard InChI is InChI=1S/C54H90O3.H2O.O.Ti/c1-43(2)36-30-25-21-17-13-9-11-15-19-23-27-34-40-48(55)51-47(45(5)6)42-50(57)53(54(7,8)46-38-32-29-33-39-46)52(51)49(56)41-35-28-24-20-16-12-10-14-18-22-26-31-37-44(3)4;;;/h29,32-33,38-39,42-45,57H,9-28,30-31,34-37,40-41H2,1-8H3;1H2;;/q;;;+2/p-2. The molecule has 0 unspecified atom stereocenters. The predicted molar refractivity (Wildman–Crippen MR) is 250 cm³/mol. The molecule has 0 aliphatic carbocycles. The Kier molecular flexibility index (Phi) is 28.7. The Labute approximate surface area is 376 Å². The summed E-state index contributed by atoms with van der Waals surface area (Å²) in [6.45, 7) is 17.4. The Bertz CT molecular complexity index is 1480. The molecule has 6 heteroatoms. The topological polar surface area (TPSA) is 80.7 Å². The third-order valence-corrected chi connectivity index (χ3v) is 13.3. The van der Waals surface area contributed by atoms with E-state index < -0.39 is 24.0 Å². The van der Waals surface area contributed by atoms with Crippen LogP contribution in [-0.2, 0) is 27.4 Å². The van der Waals surface area contributed by atoms with Crippen LogP contribution in [-0.4, -0.2) is 15.3 Å². The van der Waals surface area contributed by atoms with Gasteiger partial charge in [0.25, 0.3) is 0 Å². The van der Waals surface area contributed by atoms with Crippen LogP contribution in [0.3, 0.4) is 0 Å². The maximum atomic E-state index is 14.7. The smallest absolute Gasteiger partial charge is 0.0628 e. The number of hydrogen-bond acceptors (Lipinski definition) is 4. The van der Waals surface area contributed by atoms with E-state index in [0.29, 0.717) is 29.5 Å². The summed E-state index contributed by atoms with van der Waals surface area (Å²) in [5.74, 6) is 1.77. The van der Waals surface area contributed by atoms with Gasteiger partial charge in [-0.3, -0.25) is 0 Å². The van der Waals surface area contributed by atoms with Gasteiger partial charge in [0.15, 0.2) is 0 Å². The van der Waals surface area contributed by atoms with E-state index in [1.165, 1.54) is 128 Å². The maximum absolute atomic E-state index is 14.7. The van der Waals surface area contributed by atoms with Crippen molar-refractivity contribution in [3.05, 3.63) is 64.2 Å². The summed E-state index contributed by atoms with van der Waals surface area (Å²) in [4.78, 5) is 29.2. The first-order valence-corrected chi connectivity index (χ1v) is 27.0. The fourth-order valence-electron chi connectivity index (χ4n) is 8.97. The van der Waals surface area contributed by atoms with E-state index in [0.717, 1.165) is 61.5 Å². The van der Waals surface area contributed by atoms with Gasteiger partial charge in [0, 0.05) is 0 Å². The van der Waals surface area contributed by atoms with Crippen LogP contribution in [0.15, 0.2) is 36.4 Å². The second-order valence-electron chi connectivity index (χ2n) is 19.8. The molecule has 0 radical (unpaired) electrons. The molecule has 0 aromatic heterocycles. The van der Waals surface area contributed by atoms with Crippen molar-refractivity contribution in [3.8, 4) is 5.75 Å². The Balaban J connectivity index is 2.11. The summed E-state index contributed by atoms with van der Waals surface area (Å²) in [7, 11) is 0. The molecule has 340 valence electrons. The molecular formula is C54H90O5Ti. The van der Waals surface area contributed by atoms with Gasteiger partial charge in [0.1, 0.15) is 0 Å². The molecule has 0 spiro atoms. The monoisotopic (exact) mass is 867 g/mol. The third-order valence-electron chi connectivity index (χ3n) is 12.7. The molecule has 2 aromatic carbocycles. The van der Waals surface area contributed by atoms with Crippen molar-refractivity contribution in [2.75, 3.05) is 0 Å². The molecule has 0 saturated heterocycles. The van der Waals surface area contributed by atoms with E-state index in [1.807, 2.05) is 58.0 Å². The summed E-state index contributed by atoms with van der Waals surface area (Å²) in [6, 6.07) is 11.7. The van der Waals surface area contributed by atoms with E-state index in [9.17, 15) is 16.6 Å². The van der Waals surface area contributed by atoms with Gasteiger partial charge >= 0.3 is 243 Å². The molecule has 0 bridgehead atoms. The zero-order chi connectivity index (χ0) is 44.2. The van der Waals surface area contributed by atoms with Crippen molar-refractivity contribution >= 4 is 11.6 Å². The molecule has 0 amide bonds. The predicted octanol–water partition coefficient (Wildman–Crippen LogP) is 16.9. The molecule has 0 fully saturated rings. The van der Waals surface area contributed by atoms with Crippen LogP contribution in [0.1, 0.15) is 278 Å². The Morgan fingerprint density at radius 1 is 0.550 bits per heavy atom. The first-order chi connectivity index (χ1) is 28.8. The molecule has 0 saturated carbocycles. The summed E-state index contributed by atoms with van der Waals surface area (Å²) < 4.78 is 28.4. The zero-order valence-electron chi connectivity index (χ0n) is 40.1. The number of carbonyl (C=O) groups is 2. The minimum atomic E-state index is -4.08. The van der Waals surface area contributed by atoms with Gasteiger partial charge in [0.05, 0.1) is 0 Å². The fraction of sp³-hybridized carbons (Fsp3) is 0.741. The van der Waals surface area contributed by atoms with Crippen LogP contribution in [0.2, 0.25) is 0 Å². The third kappa shape index (κ3) is 21.9. The van der Waals surface area contributed by atoms with Gasteiger partial charge in [-0.2, -0.15) is 0 Å². The first kappa shape index (κ1) is 54.2. The van der Waals surface area contributed by atoms with Gasteiger partial charge in [-0.15, -0.1) is 0 Å². The van der Waals surface area contributed by atoms with Crippen LogP contribution < -0.4 is 3.32 Å². The van der Waals surface area contributed by atoms with E-state index in [1.54, 1.807) is 6.07 Å². The molecule has 0 aliphatic rings. The Hall–Kier alpha value is -1.95. The summed E-state index contributed by atoms with van der Waals surface area (Å²) in [6.07, 6.45) is 32.9. The number of hydrogen-bond donors (Lipinski definition) is 1. The fourth-order valence-corrected chi connectivity index (χ4v) is 9.51. The Morgan fingerprint density at radius 3 is 1.25 bits per heavy atom. The van der Waals surface area contributed by atoms with Crippen LogP contribution in [0.25, 0.3) is 0 Å². The molecule has 2 aromatic rings. The molecule has 60 heavy (non-hydrogen) atoms. The van der Waals surface area contributed by atoms with E-state index in [2.05, 4.69) is 27.7 Å². The van der Waals surface area contributed by atoms with Crippen molar-refractivity contribution in [1.29, 1.82) is 0 Å². The average molecular weight is 867 g/mol. The SMILES string of the molecule is CC(C)CCCCCCCCCCCCCCC(=O)c1c(C(C)C)cc([O][Ti](=[O])[OH])c(C(C)(C)c2ccccc2)c1C(=O)CCCCCCCCCCCCCCC(C)C. The Morgan fingerprint density at radius 2 is 0.900 bits per heavy atom. The van der Waals surface area contributed by atoms with Gasteiger partial charge in [0.2, 0.25) is 0 Å².